The molecule has 4 rings (SSSR count). The van der Waals surface area contributed by atoms with Crippen molar-refractivity contribution < 1.29 is 14.3 Å². The van der Waals surface area contributed by atoms with Gasteiger partial charge in [0.1, 0.15) is 5.75 Å². The highest BCUT2D eigenvalue weighted by molar-refractivity contribution is 6.08. The molecular formula is C25H25NO3. The quantitative estimate of drug-likeness (QED) is 0.684. The second kappa shape index (κ2) is 7.08. The lowest BCUT2D eigenvalue weighted by Gasteiger charge is -2.37. The average Bonchev–Trinajstić information content (AvgIpc) is 2.98. The van der Waals surface area contributed by atoms with Crippen molar-refractivity contribution in [2.24, 2.45) is 5.41 Å². The van der Waals surface area contributed by atoms with E-state index in [-0.39, 0.29) is 17.1 Å². The molecule has 0 bridgehead atoms. The summed E-state index contributed by atoms with van der Waals surface area (Å²) in [5, 5.41) is 0. The molecule has 148 valence electrons. The van der Waals surface area contributed by atoms with Crippen LogP contribution in [0.5, 0.6) is 5.75 Å². The molecule has 1 saturated heterocycles. The molecular weight excluding hydrogens is 362 g/mol. The van der Waals surface area contributed by atoms with Crippen molar-refractivity contribution in [3.63, 3.8) is 0 Å². The molecule has 0 radical (unpaired) electrons. The number of nitrogens with zero attached hydrogens (tertiary/aromatic N) is 1. The molecule has 0 atom stereocenters. The Hall–Kier alpha value is -3.06. The fraction of sp³-hybridized carbons (Fsp3) is 0.360. The molecule has 2 aliphatic heterocycles. The van der Waals surface area contributed by atoms with Crippen molar-refractivity contribution in [2.75, 3.05) is 13.1 Å². The van der Waals surface area contributed by atoms with Gasteiger partial charge in [-0.2, -0.15) is 0 Å². The van der Waals surface area contributed by atoms with E-state index in [9.17, 15) is 9.59 Å². The van der Waals surface area contributed by atoms with Gasteiger partial charge in [-0.25, -0.2) is 0 Å². The number of piperidine rings is 1. The molecule has 4 heteroatoms. The van der Waals surface area contributed by atoms with Crippen LogP contribution in [0.3, 0.4) is 0 Å². The van der Waals surface area contributed by atoms with Gasteiger partial charge in [0.2, 0.25) is 5.78 Å². The van der Waals surface area contributed by atoms with E-state index in [0.717, 1.165) is 5.56 Å². The maximum absolute atomic E-state index is 13.2. The molecule has 2 aromatic carbocycles. The molecule has 0 aromatic heterocycles. The van der Waals surface area contributed by atoms with Gasteiger partial charge in [0, 0.05) is 42.5 Å². The third-order valence-corrected chi connectivity index (χ3v) is 5.40. The van der Waals surface area contributed by atoms with Crippen molar-refractivity contribution >= 4 is 11.7 Å². The van der Waals surface area contributed by atoms with Crippen LogP contribution in [0.2, 0.25) is 0 Å². The van der Waals surface area contributed by atoms with Gasteiger partial charge in [0.05, 0.1) is 5.56 Å². The van der Waals surface area contributed by atoms with Crippen LogP contribution in [0.25, 0.3) is 0 Å². The number of Topliss-reactive ketones (excluding diaryl/α,β-unsaturated/α-hetero) is 1. The predicted octanol–water partition coefficient (Wildman–Crippen LogP) is 4.33. The number of ether oxygens (including phenoxy) is 1. The lowest BCUT2D eigenvalue weighted by molar-refractivity contribution is 0.0195. The molecule has 1 fully saturated rings. The number of hydrogen-bond donors (Lipinski definition) is 0. The van der Waals surface area contributed by atoms with Crippen molar-refractivity contribution in [3.8, 4) is 17.6 Å². The minimum atomic E-state index is -0.855. The number of ketones is 1. The minimum absolute atomic E-state index is 0.00292. The number of fused-ring (bicyclic) bond motifs is 1. The Morgan fingerprint density at radius 3 is 2.41 bits per heavy atom. The van der Waals surface area contributed by atoms with E-state index in [1.165, 1.54) is 0 Å². The highest BCUT2D eigenvalue weighted by atomic mass is 16.5. The summed E-state index contributed by atoms with van der Waals surface area (Å²) in [5.74, 6) is 7.00. The maximum atomic E-state index is 13.2. The summed E-state index contributed by atoms with van der Waals surface area (Å²) in [5.41, 5.74) is 1.15. The van der Waals surface area contributed by atoms with E-state index in [1.807, 2.05) is 48.5 Å². The van der Waals surface area contributed by atoms with Crippen LogP contribution in [0.1, 0.15) is 59.9 Å². The Morgan fingerprint density at radius 1 is 1.07 bits per heavy atom. The van der Waals surface area contributed by atoms with Crippen LogP contribution in [-0.4, -0.2) is 35.3 Å². The third kappa shape index (κ3) is 3.78. The third-order valence-electron chi connectivity index (χ3n) is 5.40. The monoisotopic (exact) mass is 387 g/mol. The first-order valence-electron chi connectivity index (χ1n) is 10.0. The molecule has 0 unspecified atom stereocenters. The highest BCUT2D eigenvalue weighted by Gasteiger charge is 2.50. The lowest BCUT2D eigenvalue weighted by Crippen LogP contribution is -2.51. The molecule has 4 nitrogen and oxygen atoms in total. The topological polar surface area (TPSA) is 46.6 Å². The van der Waals surface area contributed by atoms with Crippen LogP contribution in [-0.2, 0) is 0 Å². The smallest absolute Gasteiger partial charge is 0.253 e. The van der Waals surface area contributed by atoms with Gasteiger partial charge in [-0.3, -0.25) is 9.59 Å². The van der Waals surface area contributed by atoms with Crippen molar-refractivity contribution in [3.05, 3.63) is 65.2 Å². The summed E-state index contributed by atoms with van der Waals surface area (Å²) < 4.78 is 6.15. The van der Waals surface area contributed by atoms with E-state index in [1.54, 1.807) is 4.90 Å². The standard InChI is InChI=1S/C25H25NO3/c1-24(2,3)12-11-18-9-10-21-20(17-18)22(27)25(29-21)13-15-26(16-14-25)23(28)19-7-5-4-6-8-19/h4-10,17H,13-16H2,1-3H3. The Balaban J connectivity index is 1.50. The molecule has 2 aromatic rings. The minimum Gasteiger partial charge on any atom is -0.478 e. The normalized spacial score (nSPS) is 17.3. The van der Waals surface area contributed by atoms with Crippen molar-refractivity contribution in [1.29, 1.82) is 0 Å². The zero-order chi connectivity index (χ0) is 20.6. The van der Waals surface area contributed by atoms with Gasteiger partial charge < -0.3 is 9.64 Å². The number of benzene rings is 2. The Morgan fingerprint density at radius 2 is 1.76 bits per heavy atom. The molecule has 0 saturated carbocycles. The molecule has 0 N–H and O–H groups in total. The number of amides is 1. The number of hydrogen-bond acceptors (Lipinski definition) is 3. The SMILES string of the molecule is CC(C)(C)C#Cc1ccc2c(c1)C(=O)C1(CCN(C(=O)c3ccccc3)CC1)O2. The fourth-order valence-electron chi connectivity index (χ4n) is 3.80. The van der Waals surface area contributed by atoms with Gasteiger partial charge in [0.25, 0.3) is 5.91 Å². The first kappa shape index (κ1) is 19.3. The second-order valence-electron chi connectivity index (χ2n) is 8.79. The Bertz CT molecular complexity index is 1010. The molecule has 2 heterocycles. The molecule has 2 aliphatic rings. The number of carbonyl (C=O) groups excluding carboxylic acids is 2. The summed E-state index contributed by atoms with van der Waals surface area (Å²) in [4.78, 5) is 27.7. The van der Waals surface area contributed by atoms with Crippen LogP contribution < -0.4 is 4.74 Å². The van der Waals surface area contributed by atoms with Gasteiger partial charge >= 0.3 is 0 Å². The average molecular weight is 387 g/mol. The molecule has 29 heavy (non-hydrogen) atoms. The van der Waals surface area contributed by atoms with Crippen molar-refractivity contribution in [1.82, 2.24) is 4.90 Å². The largest absolute Gasteiger partial charge is 0.478 e. The molecule has 0 aliphatic carbocycles. The lowest BCUT2D eigenvalue weighted by atomic mass is 9.85. The number of rotatable bonds is 1. The number of carbonyl (C=O) groups is 2. The van der Waals surface area contributed by atoms with Crippen molar-refractivity contribution in [2.45, 2.75) is 39.2 Å². The molecule has 1 spiro atoms. The summed E-state index contributed by atoms with van der Waals surface area (Å²) in [6.45, 7) is 7.18. The first-order chi connectivity index (χ1) is 13.8. The van der Waals surface area contributed by atoms with Gasteiger partial charge in [-0.1, -0.05) is 30.0 Å². The number of likely N-dealkylation sites (tertiary alicyclic amines) is 1. The van der Waals surface area contributed by atoms with Crippen LogP contribution in [0.15, 0.2) is 48.5 Å². The van der Waals surface area contributed by atoms with Gasteiger partial charge in [-0.05, 0) is 51.1 Å². The molecule has 1 amide bonds. The van der Waals surface area contributed by atoms with Crippen LogP contribution in [0.4, 0.5) is 0 Å². The van der Waals surface area contributed by atoms with E-state index < -0.39 is 5.60 Å². The fourth-order valence-corrected chi connectivity index (χ4v) is 3.80. The van der Waals surface area contributed by atoms with Crippen LogP contribution in [0, 0.1) is 17.3 Å². The zero-order valence-electron chi connectivity index (χ0n) is 17.1. The predicted molar refractivity (Wildman–Crippen MR) is 112 cm³/mol. The first-order valence-corrected chi connectivity index (χ1v) is 10.0. The van der Waals surface area contributed by atoms with E-state index >= 15 is 0 Å². The summed E-state index contributed by atoms with van der Waals surface area (Å²) >= 11 is 0. The maximum Gasteiger partial charge on any atom is 0.253 e. The summed E-state index contributed by atoms with van der Waals surface area (Å²) in [6.07, 6.45) is 1.00. The second-order valence-corrected chi connectivity index (χ2v) is 8.79. The summed E-state index contributed by atoms with van der Waals surface area (Å²) in [7, 11) is 0. The van der Waals surface area contributed by atoms with Gasteiger partial charge in [-0.15, -0.1) is 0 Å². The van der Waals surface area contributed by atoms with E-state index in [0.29, 0.717) is 42.8 Å². The zero-order valence-corrected chi connectivity index (χ0v) is 17.1. The Kier molecular flexibility index (Phi) is 4.70. The Labute approximate surface area is 171 Å². The van der Waals surface area contributed by atoms with Gasteiger partial charge in [0.15, 0.2) is 5.60 Å². The highest BCUT2D eigenvalue weighted by Crippen LogP contribution is 2.41. The van der Waals surface area contributed by atoms with E-state index in [2.05, 4.69) is 32.6 Å². The summed E-state index contributed by atoms with van der Waals surface area (Å²) in [6, 6.07) is 14.8. The van der Waals surface area contributed by atoms with Crippen LogP contribution >= 0.6 is 0 Å². The van der Waals surface area contributed by atoms with E-state index in [4.69, 9.17) is 4.74 Å².